The van der Waals surface area contributed by atoms with Crippen LogP contribution in [-0.2, 0) is 9.59 Å². The first-order valence-electron chi connectivity index (χ1n) is 7.35. The van der Waals surface area contributed by atoms with E-state index in [0.717, 1.165) is 51.6 Å². The van der Waals surface area contributed by atoms with Crippen LogP contribution in [0.15, 0.2) is 0 Å². The Morgan fingerprint density at radius 1 is 1.25 bits per heavy atom. The summed E-state index contributed by atoms with van der Waals surface area (Å²) in [6.07, 6.45) is 5.99. The largest absolute Gasteiger partial charge is 0.347 e. The van der Waals surface area contributed by atoms with Crippen molar-refractivity contribution in [3.63, 3.8) is 0 Å². The predicted octanol–water partition coefficient (Wildman–Crippen LogP) is 1.05. The Hall–Kier alpha value is -0.810. The number of amides is 2. The fourth-order valence-corrected chi connectivity index (χ4v) is 3.15. The van der Waals surface area contributed by atoms with Crippen LogP contribution in [0.2, 0.25) is 0 Å². The van der Waals surface area contributed by atoms with Gasteiger partial charge in [0.2, 0.25) is 11.8 Å². The van der Waals surface area contributed by atoms with Crippen molar-refractivity contribution >= 4 is 24.2 Å². The summed E-state index contributed by atoms with van der Waals surface area (Å²) >= 11 is 0. The van der Waals surface area contributed by atoms with Crippen LogP contribution < -0.4 is 11.1 Å². The van der Waals surface area contributed by atoms with Gasteiger partial charge in [0.25, 0.3) is 0 Å². The average Bonchev–Trinajstić information content (AvgIpc) is 2.89. The number of nitrogens with one attached hydrogen (secondary N) is 1. The second-order valence-corrected chi connectivity index (χ2v) is 6.11. The molecule has 2 aliphatic rings. The lowest BCUT2D eigenvalue weighted by molar-refractivity contribution is -0.134. The molecule has 0 aromatic heterocycles. The van der Waals surface area contributed by atoms with Crippen molar-refractivity contribution in [1.29, 1.82) is 0 Å². The van der Waals surface area contributed by atoms with Crippen molar-refractivity contribution in [1.82, 2.24) is 10.2 Å². The molecule has 1 heterocycles. The van der Waals surface area contributed by atoms with Crippen LogP contribution in [0.1, 0.15) is 45.4 Å². The van der Waals surface area contributed by atoms with Crippen molar-refractivity contribution in [3.05, 3.63) is 0 Å². The van der Waals surface area contributed by atoms with Crippen LogP contribution in [0, 0.1) is 5.92 Å². The van der Waals surface area contributed by atoms with Gasteiger partial charge in [-0.1, -0.05) is 12.8 Å². The van der Waals surface area contributed by atoms with E-state index in [0.29, 0.717) is 0 Å². The topological polar surface area (TPSA) is 75.4 Å². The van der Waals surface area contributed by atoms with Crippen LogP contribution >= 0.6 is 12.4 Å². The van der Waals surface area contributed by atoms with E-state index in [2.05, 4.69) is 5.32 Å². The fraction of sp³-hybridized carbons (Fsp3) is 0.857. The van der Waals surface area contributed by atoms with Gasteiger partial charge in [-0.2, -0.15) is 0 Å². The van der Waals surface area contributed by atoms with Crippen molar-refractivity contribution in [2.24, 2.45) is 11.7 Å². The minimum Gasteiger partial charge on any atom is -0.347 e. The number of nitrogens with two attached hydrogens (primary N) is 1. The van der Waals surface area contributed by atoms with Gasteiger partial charge in [-0.3, -0.25) is 9.59 Å². The summed E-state index contributed by atoms with van der Waals surface area (Å²) in [7, 11) is 0. The van der Waals surface area contributed by atoms with Gasteiger partial charge in [-0.25, -0.2) is 0 Å². The van der Waals surface area contributed by atoms with Crippen LogP contribution in [-0.4, -0.2) is 41.9 Å². The summed E-state index contributed by atoms with van der Waals surface area (Å²) in [6, 6.07) is 0. The quantitative estimate of drug-likeness (QED) is 0.818. The van der Waals surface area contributed by atoms with Crippen molar-refractivity contribution < 1.29 is 9.59 Å². The lowest BCUT2D eigenvalue weighted by Crippen LogP contribution is -2.53. The second kappa shape index (κ2) is 7.27. The smallest absolute Gasteiger partial charge is 0.241 e. The number of hydrogen-bond donors (Lipinski definition) is 2. The van der Waals surface area contributed by atoms with E-state index >= 15 is 0 Å². The first-order chi connectivity index (χ1) is 9.00. The zero-order chi connectivity index (χ0) is 13.9. The molecule has 0 spiro atoms. The summed E-state index contributed by atoms with van der Waals surface area (Å²) in [5.41, 5.74) is 5.76. The number of rotatable bonds is 3. The zero-order valence-electron chi connectivity index (χ0n) is 12.2. The number of halogens is 1. The lowest BCUT2D eigenvalue weighted by Gasteiger charge is -2.37. The summed E-state index contributed by atoms with van der Waals surface area (Å²) < 4.78 is 0. The molecule has 0 aromatic rings. The average molecular weight is 304 g/mol. The SMILES string of the molecule is CC1(N)CCCCC1C(=O)NCC(=O)N1CCCC1.Cl. The molecule has 1 saturated heterocycles. The van der Waals surface area contributed by atoms with E-state index in [1.807, 2.05) is 11.8 Å². The van der Waals surface area contributed by atoms with Gasteiger partial charge in [0, 0.05) is 18.6 Å². The van der Waals surface area contributed by atoms with Crippen LogP contribution in [0.4, 0.5) is 0 Å². The Bertz CT molecular complexity index is 354. The molecule has 116 valence electrons. The van der Waals surface area contributed by atoms with Gasteiger partial charge in [0.05, 0.1) is 12.5 Å². The molecular formula is C14H26ClN3O2. The summed E-state index contributed by atoms with van der Waals surface area (Å²) in [5, 5.41) is 2.77. The molecule has 1 aliphatic heterocycles. The molecule has 0 bridgehead atoms. The van der Waals surface area contributed by atoms with Crippen LogP contribution in [0.5, 0.6) is 0 Å². The van der Waals surface area contributed by atoms with Crippen molar-refractivity contribution in [3.8, 4) is 0 Å². The van der Waals surface area contributed by atoms with Crippen molar-refractivity contribution in [2.75, 3.05) is 19.6 Å². The monoisotopic (exact) mass is 303 g/mol. The summed E-state index contributed by atoms with van der Waals surface area (Å²) in [5.74, 6) is -0.190. The Morgan fingerprint density at radius 2 is 1.90 bits per heavy atom. The van der Waals surface area contributed by atoms with E-state index in [1.54, 1.807) is 0 Å². The minimum atomic E-state index is -0.432. The van der Waals surface area contributed by atoms with Crippen LogP contribution in [0.3, 0.4) is 0 Å². The molecule has 2 fully saturated rings. The van der Waals surface area contributed by atoms with E-state index in [4.69, 9.17) is 5.73 Å². The van der Waals surface area contributed by atoms with Gasteiger partial charge in [-0.05, 0) is 32.6 Å². The van der Waals surface area contributed by atoms with E-state index < -0.39 is 5.54 Å². The van der Waals surface area contributed by atoms with Gasteiger partial charge in [0.1, 0.15) is 0 Å². The molecule has 20 heavy (non-hydrogen) atoms. The highest BCUT2D eigenvalue weighted by Gasteiger charge is 2.37. The molecule has 1 saturated carbocycles. The maximum atomic E-state index is 12.2. The maximum Gasteiger partial charge on any atom is 0.241 e. The Balaban J connectivity index is 0.00000200. The van der Waals surface area contributed by atoms with E-state index in [-0.39, 0.29) is 36.7 Å². The third-order valence-electron chi connectivity index (χ3n) is 4.44. The molecule has 2 rings (SSSR count). The predicted molar refractivity (Wildman–Crippen MR) is 80.6 cm³/mol. The summed E-state index contributed by atoms with van der Waals surface area (Å²) in [6.45, 7) is 3.71. The Labute approximate surface area is 127 Å². The molecule has 1 aliphatic carbocycles. The molecule has 2 amide bonds. The van der Waals surface area contributed by atoms with Gasteiger partial charge in [0.15, 0.2) is 0 Å². The van der Waals surface area contributed by atoms with Gasteiger partial charge >= 0.3 is 0 Å². The Morgan fingerprint density at radius 3 is 2.50 bits per heavy atom. The second-order valence-electron chi connectivity index (χ2n) is 6.11. The highest BCUT2D eigenvalue weighted by Crippen LogP contribution is 2.31. The highest BCUT2D eigenvalue weighted by atomic mass is 35.5. The number of nitrogens with zero attached hydrogens (tertiary/aromatic N) is 1. The molecule has 2 atom stereocenters. The Kier molecular flexibility index (Phi) is 6.27. The molecule has 0 aromatic carbocycles. The number of likely N-dealkylation sites (tertiary alicyclic amines) is 1. The third kappa shape index (κ3) is 4.09. The molecular weight excluding hydrogens is 278 g/mol. The van der Waals surface area contributed by atoms with Crippen molar-refractivity contribution in [2.45, 2.75) is 51.0 Å². The number of hydrogen-bond acceptors (Lipinski definition) is 3. The first-order valence-corrected chi connectivity index (χ1v) is 7.35. The first kappa shape index (κ1) is 17.2. The zero-order valence-corrected chi connectivity index (χ0v) is 13.0. The van der Waals surface area contributed by atoms with Gasteiger partial charge < -0.3 is 16.0 Å². The summed E-state index contributed by atoms with van der Waals surface area (Å²) in [4.78, 5) is 25.9. The normalized spacial score (nSPS) is 29.7. The third-order valence-corrected chi connectivity index (χ3v) is 4.44. The molecule has 3 N–H and O–H groups in total. The van der Waals surface area contributed by atoms with Crippen LogP contribution in [0.25, 0.3) is 0 Å². The highest BCUT2D eigenvalue weighted by molar-refractivity contribution is 5.86. The molecule has 0 radical (unpaired) electrons. The standard InChI is InChI=1S/C14H25N3O2.ClH/c1-14(15)7-3-2-6-11(14)13(19)16-10-12(18)17-8-4-5-9-17;/h11H,2-10,15H2,1H3,(H,16,19);1H. The van der Waals surface area contributed by atoms with E-state index in [9.17, 15) is 9.59 Å². The minimum absolute atomic E-state index is 0. The van der Waals surface area contributed by atoms with Gasteiger partial charge in [-0.15, -0.1) is 12.4 Å². The van der Waals surface area contributed by atoms with E-state index in [1.165, 1.54) is 0 Å². The lowest BCUT2D eigenvalue weighted by atomic mass is 9.74. The number of carbonyl (C=O) groups excluding carboxylic acids is 2. The molecule has 6 heteroatoms. The fourth-order valence-electron chi connectivity index (χ4n) is 3.15. The number of carbonyl (C=O) groups is 2. The maximum absolute atomic E-state index is 12.2. The molecule has 5 nitrogen and oxygen atoms in total. The molecule has 2 unspecified atom stereocenters.